The number of aryl methyl sites for hydroxylation is 1. The van der Waals surface area contributed by atoms with Crippen molar-refractivity contribution in [3.8, 4) is 17.1 Å². The summed E-state index contributed by atoms with van der Waals surface area (Å²) in [5, 5.41) is 0. The minimum atomic E-state index is -4.54. The first-order chi connectivity index (χ1) is 16.3. The molecule has 1 aromatic carbocycles. The van der Waals surface area contributed by atoms with Gasteiger partial charge in [0, 0.05) is 38.0 Å². The Balaban J connectivity index is 1.55. The fourth-order valence-corrected chi connectivity index (χ4v) is 4.44. The maximum absolute atomic E-state index is 13.3. The molecule has 0 N–H and O–H groups in total. The lowest BCUT2D eigenvalue weighted by atomic mass is 9.94. The summed E-state index contributed by atoms with van der Waals surface area (Å²) < 4.78 is 90.2. The molecule has 0 amide bonds. The van der Waals surface area contributed by atoms with Crippen LogP contribution in [0, 0.1) is 6.92 Å². The maximum Gasteiger partial charge on any atom is 0.417 e. The number of benzene rings is 1. The van der Waals surface area contributed by atoms with Crippen LogP contribution < -0.4 is 9.64 Å². The average molecular weight is 499 g/mol. The molecule has 0 spiro atoms. The Bertz CT molecular complexity index is 1160. The van der Waals surface area contributed by atoms with Crippen molar-refractivity contribution in [2.45, 2.75) is 64.2 Å². The largest absolute Gasteiger partial charge is 0.489 e. The van der Waals surface area contributed by atoms with Crippen LogP contribution in [0.5, 0.6) is 5.75 Å². The molecule has 3 aromatic rings. The molecule has 1 aliphatic heterocycles. The Kier molecular flexibility index (Phi) is 6.46. The SMILES string of the molecule is Cc1ncc(-c2cc(C(F)(F)F)ccc2OC2CC(C)N(c3ccc(C(F)(F)F)cn3)[C@@H](C)C2)o1. The number of hydrogen-bond donors (Lipinski definition) is 0. The van der Waals surface area contributed by atoms with Gasteiger partial charge in [-0.2, -0.15) is 26.3 Å². The predicted molar refractivity (Wildman–Crippen MR) is 116 cm³/mol. The van der Waals surface area contributed by atoms with Crippen molar-refractivity contribution in [3.63, 3.8) is 0 Å². The smallest absolute Gasteiger partial charge is 0.417 e. The summed E-state index contributed by atoms with van der Waals surface area (Å²) in [4.78, 5) is 9.90. The third kappa shape index (κ3) is 5.38. The standard InChI is InChI=1S/C24H23F6N3O2/c1-13-8-18(9-14(2)33(13)22-7-5-17(11-32-22)24(28,29)30)35-20-6-4-16(23(25,26)27)10-19(20)21-12-31-15(3)34-21/h4-7,10-14,18H,8-9H2,1-3H3/t13-,14?,18?/m0/s1. The van der Waals surface area contributed by atoms with E-state index in [2.05, 4.69) is 9.97 Å². The van der Waals surface area contributed by atoms with Gasteiger partial charge in [-0.15, -0.1) is 0 Å². The van der Waals surface area contributed by atoms with E-state index in [9.17, 15) is 26.3 Å². The van der Waals surface area contributed by atoms with Crippen LogP contribution in [0.15, 0.2) is 47.1 Å². The van der Waals surface area contributed by atoms with Crippen molar-refractivity contribution in [1.82, 2.24) is 9.97 Å². The first-order valence-corrected chi connectivity index (χ1v) is 10.9. The quantitative estimate of drug-likeness (QED) is 0.365. The van der Waals surface area contributed by atoms with Crippen molar-refractivity contribution in [2.75, 3.05) is 4.90 Å². The Morgan fingerprint density at radius 2 is 1.51 bits per heavy atom. The van der Waals surface area contributed by atoms with Crippen molar-refractivity contribution in [1.29, 1.82) is 0 Å². The molecule has 0 radical (unpaired) electrons. The predicted octanol–water partition coefficient (Wildman–Crippen LogP) is 6.91. The van der Waals surface area contributed by atoms with Gasteiger partial charge in [0.05, 0.1) is 22.9 Å². The van der Waals surface area contributed by atoms with Crippen molar-refractivity contribution >= 4 is 5.82 Å². The number of ether oxygens (including phenoxy) is 1. The van der Waals surface area contributed by atoms with Gasteiger partial charge < -0.3 is 14.1 Å². The van der Waals surface area contributed by atoms with E-state index < -0.39 is 23.5 Å². The van der Waals surface area contributed by atoms with E-state index in [0.717, 1.165) is 24.4 Å². The summed E-state index contributed by atoms with van der Waals surface area (Å²) in [5.74, 6) is 1.13. The summed E-state index contributed by atoms with van der Waals surface area (Å²) in [5.41, 5.74) is -1.51. The van der Waals surface area contributed by atoms with Gasteiger partial charge in [-0.05, 0) is 44.2 Å². The van der Waals surface area contributed by atoms with Crippen LogP contribution in [-0.2, 0) is 12.4 Å². The van der Waals surface area contributed by atoms with E-state index in [-0.39, 0.29) is 35.3 Å². The van der Waals surface area contributed by atoms with E-state index in [1.165, 1.54) is 18.3 Å². The van der Waals surface area contributed by atoms with Crippen LogP contribution in [0.25, 0.3) is 11.3 Å². The highest BCUT2D eigenvalue weighted by atomic mass is 19.4. The van der Waals surface area contributed by atoms with Gasteiger partial charge in [-0.3, -0.25) is 0 Å². The van der Waals surface area contributed by atoms with Crippen molar-refractivity contribution in [2.24, 2.45) is 0 Å². The number of halogens is 6. The number of aromatic nitrogens is 2. The maximum atomic E-state index is 13.3. The molecule has 35 heavy (non-hydrogen) atoms. The number of hydrogen-bond acceptors (Lipinski definition) is 5. The molecule has 0 aliphatic carbocycles. The molecule has 2 aromatic heterocycles. The highest BCUT2D eigenvalue weighted by Gasteiger charge is 2.36. The molecule has 2 unspecified atom stereocenters. The topological polar surface area (TPSA) is 51.4 Å². The zero-order valence-electron chi connectivity index (χ0n) is 19.1. The molecule has 3 atom stereocenters. The fourth-order valence-electron chi connectivity index (χ4n) is 4.44. The summed E-state index contributed by atoms with van der Waals surface area (Å²) in [6.45, 7) is 5.39. The Morgan fingerprint density at radius 3 is 2.03 bits per heavy atom. The number of pyridine rings is 1. The van der Waals surface area contributed by atoms with Gasteiger partial charge >= 0.3 is 12.4 Å². The lowest BCUT2D eigenvalue weighted by molar-refractivity contribution is -0.138. The number of alkyl halides is 6. The molecule has 1 aliphatic rings. The highest BCUT2D eigenvalue weighted by Crippen LogP contribution is 2.39. The van der Waals surface area contributed by atoms with Crippen LogP contribution in [-0.4, -0.2) is 28.2 Å². The van der Waals surface area contributed by atoms with Crippen LogP contribution in [0.3, 0.4) is 0 Å². The van der Waals surface area contributed by atoms with Gasteiger partial charge in [0.25, 0.3) is 0 Å². The van der Waals surface area contributed by atoms with Gasteiger partial charge in [0.2, 0.25) is 0 Å². The minimum absolute atomic E-state index is 0.140. The summed E-state index contributed by atoms with van der Waals surface area (Å²) >= 11 is 0. The number of piperidine rings is 1. The monoisotopic (exact) mass is 499 g/mol. The van der Waals surface area contributed by atoms with Gasteiger partial charge in [0.1, 0.15) is 17.7 Å². The van der Waals surface area contributed by atoms with Crippen LogP contribution >= 0.6 is 0 Å². The Labute approximate surface area is 197 Å². The molecule has 188 valence electrons. The second-order valence-corrected chi connectivity index (χ2v) is 8.67. The lowest BCUT2D eigenvalue weighted by Crippen LogP contribution is -2.50. The molecule has 4 rings (SSSR count). The summed E-state index contributed by atoms with van der Waals surface area (Å²) in [7, 11) is 0. The van der Waals surface area contributed by atoms with Gasteiger partial charge in [0.15, 0.2) is 11.7 Å². The molecule has 0 bridgehead atoms. The van der Waals surface area contributed by atoms with Crippen LogP contribution in [0.1, 0.15) is 43.7 Å². The van der Waals surface area contributed by atoms with E-state index in [1.54, 1.807) is 6.92 Å². The number of rotatable bonds is 4. The van der Waals surface area contributed by atoms with E-state index >= 15 is 0 Å². The zero-order valence-corrected chi connectivity index (χ0v) is 19.1. The number of nitrogens with zero attached hydrogens (tertiary/aromatic N) is 3. The lowest BCUT2D eigenvalue weighted by Gasteiger charge is -2.43. The molecule has 11 heteroatoms. The average Bonchev–Trinajstić information content (AvgIpc) is 3.18. The van der Waals surface area contributed by atoms with Gasteiger partial charge in [-0.25, -0.2) is 9.97 Å². The number of anilines is 1. The summed E-state index contributed by atoms with van der Waals surface area (Å²) in [6.07, 6.45) is -6.21. The van der Waals surface area contributed by atoms with Crippen LogP contribution in [0.2, 0.25) is 0 Å². The van der Waals surface area contributed by atoms with E-state index in [1.807, 2.05) is 18.7 Å². The van der Waals surface area contributed by atoms with E-state index in [0.29, 0.717) is 24.6 Å². The van der Waals surface area contributed by atoms with Crippen LogP contribution in [0.4, 0.5) is 32.2 Å². The normalized spacial score (nSPS) is 21.3. The fraction of sp³-hybridized carbons (Fsp3) is 0.417. The second kappa shape index (κ2) is 9.09. The highest BCUT2D eigenvalue weighted by molar-refractivity contribution is 5.66. The van der Waals surface area contributed by atoms with Gasteiger partial charge in [-0.1, -0.05) is 0 Å². The summed E-state index contributed by atoms with van der Waals surface area (Å²) in [6, 6.07) is 5.27. The second-order valence-electron chi connectivity index (χ2n) is 8.67. The third-order valence-electron chi connectivity index (χ3n) is 5.98. The molecular formula is C24H23F6N3O2. The molecule has 0 saturated carbocycles. The molecule has 3 heterocycles. The molecular weight excluding hydrogens is 476 g/mol. The molecule has 1 saturated heterocycles. The zero-order chi connectivity index (χ0) is 25.5. The van der Waals surface area contributed by atoms with Crippen molar-refractivity contribution < 1.29 is 35.5 Å². The van der Waals surface area contributed by atoms with Crippen molar-refractivity contribution in [3.05, 3.63) is 59.7 Å². The first-order valence-electron chi connectivity index (χ1n) is 10.9. The van der Waals surface area contributed by atoms with E-state index in [4.69, 9.17) is 9.15 Å². The number of oxazole rings is 1. The molecule has 1 fully saturated rings. The Morgan fingerprint density at radius 1 is 0.886 bits per heavy atom. The third-order valence-corrected chi connectivity index (χ3v) is 5.98. The molecule has 5 nitrogen and oxygen atoms in total. The first kappa shape index (κ1) is 24.9. The Hall–Kier alpha value is -3.24. The minimum Gasteiger partial charge on any atom is -0.489 e.